The first-order chi connectivity index (χ1) is 8.15. The molecule has 0 unspecified atom stereocenters. The fourth-order valence-corrected chi connectivity index (χ4v) is 2.17. The van der Waals surface area contributed by atoms with Gasteiger partial charge in [0, 0.05) is 0 Å². The molecule has 1 fully saturated rings. The summed E-state index contributed by atoms with van der Waals surface area (Å²) in [6, 6.07) is 3.12. The van der Waals surface area contributed by atoms with Crippen molar-refractivity contribution >= 4 is 5.97 Å². The van der Waals surface area contributed by atoms with Gasteiger partial charge < -0.3 is 14.3 Å². The summed E-state index contributed by atoms with van der Waals surface area (Å²) in [5.41, 5.74) is 0. The van der Waals surface area contributed by atoms with Gasteiger partial charge in [0.25, 0.3) is 0 Å². The first-order valence-electron chi connectivity index (χ1n) is 6.08. The Morgan fingerprint density at radius 3 is 2.71 bits per heavy atom. The van der Waals surface area contributed by atoms with Gasteiger partial charge in [0.15, 0.2) is 0 Å². The monoisotopic (exact) mass is 238 g/mol. The van der Waals surface area contributed by atoms with Crippen LogP contribution in [0.3, 0.4) is 0 Å². The molecule has 0 spiro atoms. The van der Waals surface area contributed by atoms with Crippen LogP contribution in [0, 0.1) is 5.92 Å². The Morgan fingerprint density at radius 1 is 1.41 bits per heavy atom. The molecule has 1 saturated carbocycles. The third-order valence-electron chi connectivity index (χ3n) is 3.30. The van der Waals surface area contributed by atoms with E-state index in [-0.39, 0.29) is 5.76 Å². The van der Waals surface area contributed by atoms with Crippen LogP contribution in [0.5, 0.6) is 0 Å². The summed E-state index contributed by atoms with van der Waals surface area (Å²) in [7, 11) is 0. The number of carbonyl (C=O) groups is 1. The van der Waals surface area contributed by atoms with Gasteiger partial charge in [0.2, 0.25) is 5.76 Å². The van der Waals surface area contributed by atoms with Crippen LogP contribution in [-0.4, -0.2) is 17.2 Å². The molecule has 1 aliphatic rings. The van der Waals surface area contributed by atoms with E-state index in [1.165, 1.54) is 18.9 Å². The number of furan rings is 1. The Hall–Kier alpha value is -1.29. The molecule has 1 aromatic rings. The summed E-state index contributed by atoms with van der Waals surface area (Å²) in [6.45, 7) is 2.63. The fourth-order valence-electron chi connectivity index (χ4n) is 2.17. The maximum absolute atomic E-state index is 10.6. The molecule has 0 atom stereocenters. The van der Waals surface area contributed by atoms with Crippen LogP contribution in [0.15, 0.2) is 16.5 Å². The van der Waals surface area contributed by atoms with E-state index in [0.717, 1.165) is 18.8 Å². The average molecular weight is 238 g/mol. The molecule has 1 N–H and O–H groups in total. The van der Waals surface area contributed by atoms with Gasteiger partial charge in [-0.2, -0.15) is 0 Å². The van der Waals surface area contributed by atoms with Crippen molar-refractivity contribution in [1.82, 2.24) is 0 Å². The standard InChI is InChI=1S/C13H18O4/c1-9-2-4-10(5-3-9)16-8-11-6-7-12(17-11)13(14)15/h6-7,9-10H,2-5,8H2,1H3,(H,14,15). The van der Waals surface area contributed by atoms with Crippen molar-refractivity contribution in [2.75, 3.05) is 0 Å². The van der Waals surface area contributed by atoms with Gasteiger partial charge in [-0.15, -0.1) is 0 Å². The smallest absolute Gasteiger partial charge is 0.371 e. The fraction of sp³-hybridized carbons (Fsp3) is 0.615. The Morgan fingerprint density at radius 2 is 2.12 bits per heavy atom. The summed E-state index contributed by atoms with van der Waals surface area (Å²) in [6.07, 6.45) is 4.90. The summed E-state index contributed by atoms with van der Waals surface area (Å²) in [5, 5.41) is 8.71. The lowest BCUT2D eigenvalue weighted by atomic mass is 9.89. The molecule has 0 bridgehead atoms. The third kappa shape index (κ3) is 3.33. The average Bonchev–Trinajstić information content (AvgIpc) is 2.77. The van der Waals surface area contributed by atoms with Gasteiger partial charge in [0.1, 0.15) is 12.4 Å². The molecule has 94 valence electrons. The highest BCUT2D eigenvalue weighted by Crippen LogP contribution is 2.26. The SMILES string of the molecule is CC1CCC(OCc2ccc(C(=O)O)o2)CC1. The van der Waals surface area contributed by atoms with Crippen molar-refractivity contribution in [3.05, 3.63) is 23.7 Å². The first kappa shape index (κ1) is 12.2. The first-order valence-corrected chi connectivity index (χ1v) is 6.08. The van der Waals surface area contributed by atoms with Crippen molar-refractivity contribution in [2.24, 2.45) is 5.92 Å². The second kappa shape index (κ2) is 5.36. The largest absolute Gasteiger partial charge is 0.475 e. The van der Waals surface area contributed by atoms with Gasteiger partial charge in [-0.1, -0.05) is 6.92 Å². The lowest BCUT2D eigenvalue weighted by molar-refractivity contribution is 0.000767. The summed E-state index contributed by atoms with van der Waals surface area (Å²) < 4.78 is 10.9. The van der Waals surface area contributed by atoms with Crippen molar-refractivity contribution < 1.29 is 19.1 Å². The Bertz CT molecular complexity index is 375. The van der Waals surface area contributed by atoms with Crippen LogP contribution in [0.4, 0.5) is 0 Å². The summed E-state index contributed by atoms with van der Waals surface area (Å²) in [5.74, 6) is 0.321. The molecule has 0 radical (unpaired) electrons. The molecule has 0 saturated heterocycles. The van der Waals surface area contributed by atoms with Crippen molar-refractivity contribution in [2.45, 2.75) is 45.3 Å². The van der Waals surface area contributed by atoms with Crippen molar-refractivity contribution in [1.29, 1.82) is 0 Å². The molecule has 0 amide bonds. The zero-order valence-corrected chi connectivity index (χ0v) is 10.0. The van der Waals surface area contributed by atoms with Gasteiger partial charge in [-0.3, -0.25) is 0 Å². The van der Waals surface area contributed by atoms with E-state index in [1.54, 1.807) is 6.07 Å². The number of aromatic carboxylic acids is 1. The molecule has 0 aliphatic heterocycles. The molecular formula is C13H18O4. The third-order valence-corrected chi connectivity index (χ3v) is 3.30. The van der Waals surface area contributed by atoms with E-state index in [0.29, 0.717) is 18.5 Å². The number of hydrogen-bond acceptors (Lipinski definition) is 3. The van der Waals surface area contributed by atoms with Crippen LogP contribution >= 0.6 is 0 Å². The molecular weight excluding hydrogens is 220 g/mol. The molecule has 17 heavy (non-hydrogen) atoms. The van der Waals surface area contributed by atoms with Gasteiger partial charge in [-0.05, 0) is 43.7 Å². The molecule has 4 heteroatoms. The summed E-state index contributed by atoms with van der Waals surface area (Å²) in [4.78, 5) is 10.6. The minimum absolute atomic E-state index is 0.0270. The highest BCUT2D eigenvalue weighted by atomic mass is 16.5. The predicted molar refractivity (Wildman–Crippen MR) is 61.9 cm³/mol. The molecule has 1 heterocycles. The number of rotatable bonds is 4. The second-order valence-corrected chi connectivity index (χ2v) is 4.76. The second-order valence-electron chi connectivity index (χ2n) is 4.76. The van der Waals surface area contributed by atoms with E-state index in [4.69, 9.17) is 14.3 Å². The van der Waals surface area contributed by atoms with Gasteiger partial charge in [0.05, 0.1) is 6.10 Å². The van der Waals surface area contributed by atoms with E-state index < -0.39 is 5.97 Å². The number of hydrogen-bond donors (Lipinski definition) is 1. The lowest BCUT2D eigenvalue weighted by Crippen LogP contribution is -2.20. The van der Waals surface area contributed by atoms with Crippen molar-refractivity contribution in [3.8, 4) is 0 Å². The zero-order chi connectivity index (χ0) is 12.3. The molecule has 1 aliphatic carbocycles. The van der Waals surface area contributed by atoms with Crippen LogP contribution in [0.1, 0.15) is 48.9 Å². The Balaban J connectivity index is 1.79. The van der Waals surface area contributed by atoms with E-state index in [2.05, 4.69) is 6.92 Å². The topological polar surface area (TPSA) is 59.7 Å². The van der Waals surface area contributed by atoms with E-state index in [9.17, 15) is 4.79 Å². The highest BCUT2D eigenvalue weighted by Gasteiger charge is 2.19. The van der Waals surface area contributed by atoms with E-state index in [1.807, 2.05) is 0 Å². The minimum Gasteiger partial charge on any atom is -0.475 e. The van der Waals surface area contributed by atoms with Crippen LogP contribution in [-0.2, 0) is 11.3 Å². The highest BCUT2D eigenvalue weighted by molar-refractivity contribution is 5.84. The van der Waals surface area contributed by atoms with Crippen LogP contribution < -0.4 is 0 Å². The Labute approximate surface area is 101 Å². The van der Waals surface area contributed by atoms with Crippen LogP contribution in [0.2, 0.25) is 0 Å². The van der Waals surface area contributed by atoms with E-state index >= 15 is 0 Å². The van der Waals surface area contributed by atoms with Gasteiger partial charge in [-0.25, -0.2) is 4.79 Å². The van der Waals surface area contributed by atoms with Crippen LogP contribution in [0.25, 0.3) is 0 Å². The number of carboxylic acids is 1. The minimum atomic E-state index is -1.04. The molecule has 0 aromatic carbocycles. The molecule has 1 aromatic heterocycles. The predicted octanol–water partition coefficient (Wildman–Crippen LogP) is 3.07. The van der Waals surface area contributed by atoms with Gasteiger partial charge >= 0.3 is 5.97 Å². The zero-order valence-electron chi connectivity index (χ0n) is 10.0. The maximum atomic E-state index is 10.6. The number of carboxylic acid groups (broad SMARTS) is 1. The number of ether oxygens (including phenoxy) is 1. The molecule has 4 nitrogen and oxygen atoms in total. The van der Waals surface area contributed by atoms with Crippen molar-refractivity contribution in [3.63, 3.8) is 0 Å². The molecule has 2 rings (SSSR count). The lowest BCUT2D eigenvalue weighted by Gasteiger charge is -2.25. The normalized spacial score (nSPS) is 24.8. The maximum Gasteiger partial charge on any atom is 0.371 e. The quantitative estimate of drug-likeness (QED) is 0.875. The Kier molecular flexibility index (Phi) is 3.84. The summed E-state index contributed by atoms with van der Waals surface area (Å²) >= 11 is 0.